The fourth-order valence-electron chi connectivity index (χ4n) is 0.660. The van der Waals surface area contributed by atoms with Crippen LogP contribution in [0.2, 0.25) is 0 Å². The second-order valence-corrected chi connectivity index (χ2v) is 2.19. The lowest BCUT2D eigenvalue weighted by molar-refractivity contribution is -0.150. The third-order valence-electron chi connectivity index (χ3n) is 1.19. The number of ether oxygens (including phenoxy) is 1. The SMILES string of the molecule is O=C1C=CC(=O)O1.O=C1C=CC=C1. The van der Waals surface area contributed by atoms with E-state index in [0.29, 0.717) is 0 Å². The summed E-state index contributed by atoms with van der Waals surface area (Å²) in [5.41, 5.74) is 0. The van der Waals surface area contributed by atoms with Crippen molar-refractivity contribution in [2.24, 2.45) is 0 Å². The molecule has 0 radical (unpaired) electrons. The van der Waals surface area contributed by atoms with Gasteiger partial charge in [-0.15, -0.1) is 0 Å². The van der Waals surface area contributed by atoms with Crippen LogP contribution >= 0.6 is 0 Å². The molecule has 1 aliphatic heterocycles. The summed E-state index contributed by atoms with van der Waals surface area (Å²) < 4.78 is 3.97. The summed E-state index contributed by atoms with van der Waals surface area (Å²) in [6, 6.07) is 0. The first-order valence-electron chi connectivity index (χ1n) is 3.51. The number of rotatable bonds is 0. The summed E-state index contributed by atoms with van der Waals surface area (Å²) in [6.07, 6.45) is 8.68. The molecule has 2 aliphatic rings. The topological polar surface area (TPSA) is 60.4 Å². The van der Waals surface area contributed by atoms with Crippen molar-refractivity contribution in [3.63, 3.8) is 0 Å². The zero-order chi connectivity index (χ0) is 9.68. The zero-order valence-electron chi connectivity index (χ0n) is 6.60. The van der Waals surface area contributed by atoms with Gasteiger partial charge in [0.2, 0.25) is 0 Å². The Labute approximate surface area is 74.2 Å². The molecule has 0 aromatic heterocycles. The molecule has 4 nitrogen and oxygen atoms in total. The Kier molecular flexibility index (Phi) is 2.92. The van der Waals surface area contributed by atoms with Crippen molar-refractivity contribution in [1.82, 2.24) is 0 Å². The van der Waals surface area contributed by atoms with Crippen molar-refractivity contribution in [1.29, 1.82) is 0 Å². The fraction of sp³-hybridized carbons (Fsp3) is 0. The minimum atomic E-state index is -0.579. The van der Waals surface area contributed by atoms with E-state index in [1.807, 2.05) is 0 Å². The van der Waals surface area contributed by atoms with E-state index >= 15 is 0 Å². The zero-order valence-corrected chi connectivity index (χ0v) is 6.60. The average molecular weight is 178 g/mol. The van der Waals surface area contributed by atoms with E-state index in [4.69, 9.17) is 0 Å². The van der Waals surface area contributed by atoms with Gasteiger partial charge in [-0.2, -0.15) is 0 Å². The molecule has 0 N–H and O–H groups in total. The van der Waals surface area contributed by atoms with E-state index in [0.717, 1.165) is 12.2 Å². The highest BCUT2D eigenvalue weighted by Gasteiger charge is 2.10. The van der Waals surface area contributed by atoms with Crippen LogP contribution in [0.5, 0.6) is 0 Å². The number of esters is 2. The predicted octanol–water partition coefficient (Wildman–Crippen LogP) is 0.307. The van der Waals surface area contributed by atoms with Gasteiger partial charge in [-0.3, -0.25) is 4.79 Å². The summed E-state index contributed by atoms with van der Waals surface area (Å²) in [7, 11) is 0. The van der Waals surface area contributed by atoms with Crippen LogP contribution in [0.4, 0.5) is 0 Å². The highest BCUT2D eigenvalue weighted by Crippen LogP contribution is 1.92. The molecule has 4 heteroatoms. The number of ketones is 1. The van der Waals surface area contributed by atoms with Crippen molar-refractivity contribution >= 4 is 17.7 Å². The summed E-state index contributed by atoms with van der Waals surface area (Å²) in [4.78, 5) is 29.9. The smallest absolute Gasteiger partial charge is 0.338 e. The Hall–Kier alpha value is -1.97. The van der Waals surface area contributed by atoms with E-state index < -0.39 is 11.9 Å². The Bertz CT molecular complexity index is 304. The second-order valence-electron chi connectivity index (χ2n) is 2.19. The number of hydrogen-bond donors (Lipinski definition) is 0. The molecule has 0 unspecified atom stereocenters. The molecule has 13 heavy (non-hydrogen) atoms. The molecule has 0 bridgehead atoms. The van der Waals surface area contributed by atoms with Crippen LogP contribution in [0.1, 0.15) is 0 Å². The van der Waals surface area contributed by atoms with E-state index in [-0.39, 0.29) is 5.78 Å². The molecule has 0 spiro atoms. The molecule has 1 heterocycles. The highest BCUT2D eigenvalue weighted by atomic mass is 16.6. The van der Waals surface area contributed by atoms with Gasteiger partial charge < -0.3 is 4.74 Å². The first-order valence-corrected chi connectivity index (χ1v) is 3.51. The standard InChI is InChI=1S/C5H4O.C4H2O3/c6-5-3-1-2-4-5;5-3-1-2-4(6)7-3/h1-4H;1-2H. The van der Waals surface area contributed by atoms with Gasteiger partial charge in [0.15, 0.2) is 5.78 Å². The van der Waals surface area contributed by atoms with Crippen LogP contribution in [0, 0.1) is 0 Å². The molecule has 1 aliphatic carbocycles. The number of hydrogen-bond acceptors (Lipinski definition) is 4. The highest BCUT2D eigenvalue weighted by molar-refractivity contribution is 6.04. The molecule has 0 aromatic rings. The summed E-state index contributed by atoms with van der Waals surface area (Å²) in [5, 5.41) is 0. The number of carbonyl (C=O) groups excluding carboxylic acids is 3. The van der Waals surface area contributed by atoms with Crippen LogP contribution in [-0.4, -0.2) is 17.7 Å². The monoisotopic (exact) mass is 178 g/mol. The van der Waals surface area contributed by atoms with Gasteiger partial charge in [0.05, 0.1) is 0 Å². The lowest BCUT2D eigenvalue weighted by Gasteiger charge is -1.80. The lowest BCUT2D eigenvalue weighted by Crippen LogP contribution is -1.96. The van der Waals surface area contributed by atoms with Crippen LogP contribution in [0.3, 0.4) is 0 Å². The van der Waals surface area contributed by atoms with E-state index in [1.165, 1.54) is 12.2 Å². The second kappa shape index (κ2) is 4.15. The molecule has 0 amide bonds. The maximum absolute atomic E-state index is 10.1. The summed E-state index contributed by atoms with van der Waals surface area (Å²) >= 11 is 0. The Morgan fingerprint density at radius 2 is 1.23 bits per heavy atom. The van der Waals surface area contributed by atoms with Crippen LogP contribution in [0.15, 0.2) is 36.5 Å². The van der Waals surface area contributed by atoms with Crippen molar-refractivity contribution in [2.75, 3.05) is 0 Å². The van der Waals surface area contributed by atoms with E-state index in [2.05, 4.69) is 4.74 Å². The molecular formula is C9H6O4. The number of cyclic esters (lactones) is 2. The largest absolute Gasteiger partial charge is 0.387 e. The number of allylic oxidation sites excluding steroid dienone is 4. The third kappa shape index (κ3) is 3.29. The molecule has 0 saturated heterocycles. The van der Waals surface area contributed by atoms with Gasteiger partial charge >= 0.3 is 11.9 Å². The number of carbonyl (C=O) groups is 3. The Balaban J connectivity index is 0.000000132. The molecule has 0 aromatic carbocycles. The van der Waals surface area contributed by atoms with Gasteiger partial charge in [0.25, 0.3) is 0 Å². The quantitative estimate of drug-likeness (QED) is 0.395. The minimum Gasteiger partial charge on any atom is -0.387 e. The molecule has 66 valence electrons. The molecule has 0 fully saturated rings. The predicted molar refractivity (Wildman–Crippen MR) is 43.5 cm³/mol. The molecular weight excluding hydrogens is 172 g/mol. The Morgan fingerprint density at radius 1 is 0.769 bits per heavy atom. The molecule has 2 rings (SSSR count). The maximum atomic E-state index is 10.1. The van der Waals surface area contributed by atoms with Gasteiger partial charge in [0, 0.05) is 12.2 Å². The molecule has 0 atom stereocenters. The first-order chi connectivity index (χ1) is 6.18. The van der Waals surface area contributed by atoms with Gasteiger partial charge in [-0.25, -0.2) is 9.59 Å². The third-order valence-corrected chi connectivity index (χ3v) is 1.19. The van der Waals surface area contributed by atoms with Gasteiger partial charge in [-0.05, 0) is 12.2 Å². The Morgan fingerprint density at radius 3 is 1.38 bits per heavy atom. The van der Waals surface area contributed by atoms with Crippen molar-refractivity contribution in [3.8, 4) is 0 Å². The van der Waals surface area contributed by atoms with Crippen molar-refractivity contribution in [3.05, 3.63) is 36.5 Å². The first kappa shape index (κ1) is 9.12. The minimum absolute atomic E-state index is 0.0926. The van der Waals surface area contributed by atoms with Crippen LogP contribution < -0.4 is 0 Å². The lowest BCUT2D eigenvalue weighted by atomic mass is 10.5. The van der Waals surface area contributed by atoms with Gasteiger partial charge in [-0.1, -0.05) is 12.2 Å². The van der Waals surface area contributed by atoms with Crippen molar-refractivity contribution in [2.45, 2.75) is 0 Å². The normalized spacial score (nSPS) is 17.4. The van der Waals surface area contributed by atoms with Crippen molar-refractivity contribution < 1.29 is 19.1 Å². The average Bonchev–Trinajstić information content (AvgIpc) is 2.64. The summed E-state index contributed by atoms with van der Waals surface area (Å²) in [5.74, 6) is -1.06. The fourth-order valence-corrected chi connectivity index (χ4v) is 0.660. The van der Waals surface area contributed by atoms with Gasteiger partial charge in [0.1, 0.15) is 0 Å². The van der Waals surface area contributed by atoms with Crippen LogP contribution in [0.25, 0.3) is 0 Å². The molecule has 0 saturated carbocycles. The van der Waals surface area contributed by atoms with E-state index in [9.17, 15) is 14.4 Å². The summed E-state index contributed by atoms with van der Waals surface area (Å²) in [6.45, 7) is 0. The maximum Gasteiger partial charge on any atom is 0.338 e. The van der Waals surface area contributed by atoms with E-state index in [1.54, 1.807) is 12.2 Å². The van der Waals surface area contributed by atoms with Crippen LogP contribution in [-0.2, 0) is 19.1 Å².